The Hall–Kier alpha value is -3.29. The maximum atomic E-state index is 13.2. The molecule has 0 atom stereocenters. The topological polar surface area (TPSA) is 72.0 Å². The maximum absolute atomic E-state index is 13.2. The smallest absolute Gasteiger partial charge is 0.266 e. The zero-order chi connectivity index (χ0) is 23.8. The standard InChI is InChI=1S/C25H21Cl2N3O4/c1-33-21-3-2-15-4-5-29(12-18(15)8-21)23(31)13-30-24(32)14-34-22-9-17(11-28-25(22)30)16-6-19(26)10-20(27)7-16/h2-3,6-11H,4-5,12-14H2,1H3. The minimum Gasteiger partial charge on any atom is -0.497 e. The SMILES string of the molecule is COc1ccc2c(c1)CN(C(=O)CN1C(=O)COc3cc(-c4cc(Cl)cc(Cl)c4)cnc31)CC2. The summed E-state index contributed by atoms with van der Waals surface area (Å²) in [6.45, 7) is 0.787. The van der Waals surface area contributed by atoms with Gasteiger partial charge in [0.2, 0.25) is 5.91 Å². The van der Waals surface area contributed by atoms with Gasteiger partial charge in [-0.1, -0.05) is 29.3 Å². The molecule has 1 aromatic heterocycles. The van der Waals surface area contributed by atoms with Gasteiger partial charge in [0.05, 0.1) is 7.11 Å². The Morgan fingerprint density at radius 3 is 2.65 bits per heavy atom. The number of ether oxygens (including phenoxy) is 2. The first-order chi connectivity index (χ1) is 16.4. The van der Waals surface area contributed by atoms with Crippen molar-refractivity contribution in [3.63, 3.8) is 0 Å². The molecule has 0 saturated carbocycles. The number of carbonyl (C=O) groups is 2. The number of benzene rings is 2. The fraction of sp³-hybridized carbons (Fsp3) is 0.240. The second-order valence-electron chi connectivity index (χ2n) is 8.17. The van der Waals surface area contributed by atoms with Crippen LogP contribution in [0.2, 0.25) is 10.0 Å². The molecule has 2 aliphatic heterocycles. The van der Waals surface area contributed by atoms with Crippen LogP contribution in [0.4, 0.5) is 5.82 Å². The first-order valence-corrected chi connectivity index (χ1v) is 11.5. The summed E-state index contributed by atoms with van der Waals surface area (Å²) in [5.41, 5.74) is 3.77. The summed E-state index contributed by atoms with van der Waals surface area (Å²) in [6, 6.07) is 12.9. The number of fused-ring (bicyclic) bond motifs is 2. The van der Waals surface area contributed by atoms with Crippen molar-refractivity contribution in [2.24, 2.45) is 0 Å². The molecular formula is C25H21Cl2N3O4. The lowest BCUT2D eigenvalue weighted by molar-refractivity contribution is -0.132. The maximum Gasteiger partial charge on any atom is 0.266 e. The molecule has 3 aromatic rings. The Morgan fingerprint density at radius 1 is 1.09 bits per heavy atom. The van der Waals surface area contributed by atoms with Gasteiger partial charge < -0.3 is 14.4 Å². The van der Waals surface area contributed by atoms with Crippen LogP contribution in [-0.2, 0) is 22.6 Å². The van der Waals surface area contributed by atoms with E-state index >= 15 is 0 Å². The molecule has 0 aliphatic carbocycles. The van der Waals surface area contributed by atoms with E-state index < -0.39 is 0 Å². The monoisotopic (exact) mass is 497 g/mol. The van der Waals surface area contributed by atoms with Gasteiger partial charge in [0, 0.05) is 34.9 Å². The van der Waals surface area contributed by atoms with Gasteiger partial charge in [-0.3, -0.25) is 14.5 Å². The van der Waals surface area contributed by atoms with Crippen molar-refractivity contribution < 1.29 is 19.1 Å². The molecule has 5 rings (SSSR count). The largest absolute Gasteiger partial charge is 0.497 e. The van der Waals surface area contributed by atoms with Crippen LogP contribution in [0.3, 0.4) is 0 Å². The Morgan fingerprint density at radius 2 is 1.88 bits per heavy atom. The van der Waals surface area contributed by atoms with E-state index in [1.54, 1.807) is 42.5 Å². The van der Waals surface area contributed by atoms with E-state index in [0.717, 1.165) is 28.9 Å². The lowest BCUT2D eigenvalue weighted by Gasteiger charge is -2.33. The van der Waals surface area contributed by atoms with Crippen molar-refractivity contribution in [1.29, 1.82) is 0 Å². The zero-order valence-electron chi connectivity index (χ0n) is 18.4. The first kappa shape index (κ1) is 22.5. The number of aromatic nitrogens is 1. The van der Waals surface area contributed by atoms with E-state index in [2.05, 4.69) is 4.98 Å². The third-order valence-corrected chi connectivity index (χ3v) is 6.44. The number of rotatable bonds is 4. The Labute approximate surface area is 206 Å². The molecule has 34 heavy (non-hydrogen) atoms. The highest BCUT2D eigenvalue weighted by Crippen LogP contribution is 2.35. The van der Waals surface area contributed by atoms with Crippen molar-refractivity contribution >= 4 is 40.8 Å². The van der Waals surface area contributed by atoms with Crippen molar-refractivity contribution in [3.8, 4) is 22.6 Å². The second kappa shape index (κ2) is 9.16. The van der Waals surface area contributed by atoms with E-state index in [4.69, 9.17) is 32.7 Å². The van der Waals surface area contributed by atoms with E-state index in [9.17, 15) is 9.59 Å². The predicted octanol–water partition coefficient (Wildman–Crippen LogP) is 4.37. The van der Waals surface area contributed by atoms with E-state index in [0.29, 0.717) is 34.7 Å². The highest BCUT2D eigenvalue weighted by Gasteiger charge is 2.31. The highest BCUT2D eigenvalue weighted by molar-refractivity contribution is 6.35. The summed E-state index contributed by atoms with van der Waals surface area (Å²) < 4.78 is 10.9. The van der Waals surface area contributed by atoms with E-state index in [1.165, 1.54) is 10.5 Å². The number of carbonyl (C=O) groups excluding carboxylic acids is 2. The summed E-state index contributed by atoms with van der Waals surface area (Å²) in [5, 5.41) is 1.01. The van der Waals surface area contributed by atoms with Crippen LogP contribution >= 0.6 is 23.2 Å². The number of anilines is 1. The van der Waals surface area contributed by atoms with Crippen LogP contribution in [0.5, 0.6) is 11.5 Å². The lowest BCUT2D eigenvalue weighted by atomic mass is 9.99. The number of methoxy groups -OCH3 is 1. The molecule has 0 spiro atoms. The molecule has 174 valence electrons. The van der Waals surface area contributed by atoms with Crippen molar-refractivity contribution in [2.45, 2.75) is 13.0 Å². The molecule has 2 aromatic carbocycles. The fourth-order valence-electron chi connectivity index (χ4n) is 4.23. The van der Waals surface area contributed by atoms with Crippen molar-refractivity contribution in [1.82, 2.24) is 9.88 Å². The molecule has 0 saturated heterocycles. The van der Waals surface area contributed by atoms with Crippen molar-refractivity contribution in [3.05, 3.63) is 69.8 Å². The average Bonchev–Trinajstić information content (AvgIpc) is 2.84. The Bertz CT molecular complexity index is 1280. The second-order valence-corrected chi connectivity index (χ2v) is 9.05. The molecular weight excluding hydrogens is 477 g/mol. The fourth-order valence-corrected chi connectivity index (χ4v) is 4.76. The van der Waals surface area contributed by atoms with Crippen LogP contribution in [0, 0.1) is 0 Å². The Balaban J connectivity index is 1.36. The van der Waals surface area contributed by atoms with Gasteiger partial charge in [0.1, 0.15) is 12.3 Å². The third-order valence-electron chi connectivity index (χ3n) is 6.01. The van der Waals surface area contributed by atoms with Crippen LogP contribution in [0.15, 0.2) is 48.7 Å². The molecule has 7 nitrogen and oxygen atoms in total. The van der Waals surface area contributed by atoms with Crippen LogP contribution < -0.4 is 14.4 Å². The number of hydrogen-bond donors (Lipinski definition) is 0. The summed E-state index contributed by atoms with van der Waals surface area (Å²) in [5.74, 6) is 1.04. The predicted molar refractivity (Wildman–Crippen MR) is 130 cm³/mol. The average molecular weight is 498 g/mol. The molecule has 2 aliphatic rings. The number of hydrogen-bond acceptors (Lipinski definition) is 5. The number of nitrogens with zero attached hydrogens (tertiary/aromatic N) is 3. The minimum atomic E-state index is -0.314. The molecule has 0 bridgehead atoms. The third kappa shape index (κ3) is 4.41. The normalized spacial score (nSPS) is 14.9. The van der Waals surface area contributed by atoms with Gasteiger partial charge >= 0.3 is 0 Å². The number of halogens is 2. The molecule has 0 N–H and O–H groups in total. The molecule has 9 heteroatoms. The van der Waals surface area contributed by atoms with Gasteiger partial charge in [0.25, 0.3) is 5.91 Å². The van der Waals surface area contributed by atoms with Crippen LogP contribution in [0.25, 0.3) is 11.1 Å². The van der Waals surface area contributed by atoms with Crippen molar-refractivity contribution in [2.75, 3.05) is 31.7 Å². The van der Waals surface area contributed by atoms with Gasteiger partial charge in [-0.25, -0.2) is 4.98 Å². The minimum absolute atomic E-state index is 0.107. The van der Waals surface area contributed by atoms with Gasteiger partial charge in [0.15, 0.2) is 18.2 Å². The number of amides is 2. The molecule has 0 fully saturated rings. The zero-order valence-corrected chi connectivity index (χ0v) is 19.9. The summed E-state index contributed by atoms with van der Waals surface area (Å²) in [7, 11) is 1.62. The quantitative estimate of drug-likeness (QED) is 0.534. The molecule has 0 unspecified atom stereocenters. The van der Waals surface area contributed by atoms with Gasteiger partial charge in [-0.2, -0.15) is 0 Å². The highest BCUT2D eigenvalue weighted by atomic mass is 35.5. The molecule has 0 radical (unpaired) electrons. The summed E-state index contributed by atoms with van der Waals surface area (Å²) in [6.07, 6.45) is 2.37. The number of pyridine rings is 1. The van der Waals surface area contributed by atoms with Crippen LogP contribution in [0.1, 0.15) is 11.1 Å². The molecule has 2 amide bonds. The Kier molecular flexibility index (Phi) is 6.06. The summed E-state index contributed by atoms with van der Waals surface area (Å²) >= 11 is 12.3. The summed E-state index contributed by atoms with van der Waals surface area (Å²) in [4.78, 5) is 33.4. The van der Waals surface area contributed by atoms with Gasteiger partial charge in [-0.15, -0.1) is 0 Å². The molecule has 3 heterocycles. The first-order valence-electron chi connectivity index (χ1n) is 10.7. The van der Waals surface area contributed by atoms with E-state index in [1.807, 2.05) is 18.2 Å². The lowest BCUT2D eigenvalue weighted by Crippen LogP contribution is -2.47. The van der Waals surface area contributed by atoms with E-state index in [-0.39, 0.29) is 25.0 Å². The van der Waals surface area contributed by atoms with Gasteiger partial charge in [-0.05, 0) is 59.5 Å². The van der Waals surface area contributed by atoms with Crippen LogP contribution in [-0.4, -0.2) is 48.5 Å².